The zero-order chi connectivity index (χ0) is 23.8. The highest BCUT2D eigenvalue weighted by Gasteiger charge is 2.38. The molecule has 1 aliphatic heterocycles. The van der Waals surface area contributed by atoms with Crippen molar-refractivity contribution in [3.05, 3.63) is 0 Å². The predicted octanol–water partition coefficient (Wildman–Crippen LogP) is 2.89. The van der Waals surface area contributed by atoms with E-state index in [2.05, 4.69) is 12.2 Å². The highest BCUT2D eigenvalue weighted by atomic mass is 16.6. The van der Waals surface area contributed by atoms with Gasteiger partial charge in [0.25, 0.3) is 0 Å². The van der Waals surface area contributed by atoms with Crippen LogP contribution in [0.1, 0.15) is 80.6 Å². The molecule has 1 heterocycles. The summed E-state index contributed by atoms with van der Waals surface area (Å²) in [5, 5.41) is 2.95. The predicted molar refractivity (Wildman–Crippen MR) is 123 cm³/mol. The van der Waals surface area contributed by atoms with Crippen LogP contribution in [0.15, 0.2) is 0 Å². The summed E-state index contributed by atoms with van der Waals surface area (Å²) in [6.07, 6.45) is 2.99. The maximum atomic E-state index is 13.1. The van der Waals surface area contributed by atoms with Gasteiger partial charge in [-0.25, -0.2) is 4.79 Å². The largest absolute Gasteiger partial charge is 0.444 e. The van der Waals surface area contributed by atoms with E-state index in [0.29, 0.717) is 32.5 Å². The Morgan fingerprint density at radius 3 is 2.23 bits per heavy atom. The van der Waals surface area contributed by atoms with Gasteiger partial charge in [0.2, 0.25) is 11.8 Å². The maximum absolute atomic E-state index is 13.1. The van der Waals surface area contributed by atoms with E-state index in [9.17, 15) is 14.4 Å². The summed E-state index contributed by atoms with van der Waals surface area (Å²) in [6, 6.07) is -0.362. The lowest BCUT2D eigenvalue weighted by molar-refractivity contribution is -0.140. The highest BCUT2D eigenvalue weighted by molar-refractivity contribution is 5.88. The molecule has 31 heavy (non-hydrogen) atoms. The lowest BCUT2D eigenvalue weighted by Gasteiger charge is -2.35. The Morgan fingerprint density at radius 1 is 1.13 bits per heavy atom. The number of hydrogen-bond acceptors (Lipinski definition) is 5. The van der Waals surface area contributed by atoms with E-state index in [1.165, 1.54) is 0 Å². The van der Waals surface area contributed by atoms with Crippen molar-refractivity contribution in [2.75, 3.05) is 26.2 Å². The first-order valence-electron chi connectivity index (χ1n) is 11.5. The van der Waals surface area contributed by atoms with Crippen LogP contribution in [0.5, 0.6) is 0 Å². The Morgan fingerprint density at radius 2 is 1.74 bits per heavy atom. The molecule has 8 nitrogen and oxygen atoms in total. The van der Waals surface area contributed by atoms with Crippen molar-refractivity contribution in [1.29, 1.82) is 0 Å². The van der Waals surface area contributed by atoms with E-state index in [-0.39, 0.29) is 24.3 Å². The van der Waals surface area contributed by atoms with Gasteiger partial charge in [-0.3, -0.25) is 9.59 Å². The van der Waals surface area contributed by atoms with E-state index in [1.807, 2.05) is 46.4 Å². The van der Waals surface area contributed by atoms with E-state index in [1.54, 1.807) is 4.90 Å². The molecule has 1 aliphatic rings. The van der Waals surface area contributed by atoms with E-state index < -0.39 is 23.2 Å². The number of rotatable bonds is 9. The molecule has 0 spiro atoms. The van der Waals surface area contributed by atoms with E-state index >= 15 is 0 Å². The third-order valence-electron chi connectivity index (χ3n) is 5.37. The molecule has 2 unspecified atom stereocenters. The van der Waals surface area contributed by atoms with Crippen LogP contribution in [0.4, 0.5) is 4.79 Å². The fraction of sp³-hybridized carbons (Fsp3) is 0.870. The Hall–Kier alpha value is -1.83. The molecule has 3 N–H and O–H groups in total. The van der Waals surface area contributed by atoms with Gasteiger partial charge in [0.1, 0.15) is 11.6 Å². The summed E-state index contributed by atoms with van der Waals surface area (Å²) in [4.78, 5) is 41.7. The van der Waals surface area contributed by atoms with Gasteiger partial charge in [-0.1, -0.05) is 20.8 Å². The summed E-state index contributed by atoms with van der Waals surface area (Å²) < 4.78 is 5.46. The van der Waals surface area contributed by atoms with Gasteiger partial charge in [-0.2, -0.15) is 0 Å². The molecule has 3 amide bonds. The summed E-state index contributed by atoms with van der Waals surface area (Å²) in [5.74, 6) is -0.188. The Bertz CT molecular complexity index is 610. The normalized spacial score (nSPS) is 17.9. The number of nitrogens with one attached hydrogen (secondary N) is 1. The summed E-state index contributed by atoms with van der Waals surface area (Å²) >= 11 is 0. The molecule has 1 saturated heterocycles. The fourth-order valence-electron chi connectivity index (χ4n) is 3.64. The van der Waals surface area contributed by atoms with Crippen molar-refractivity contribution < 1.29 is 19.1 Å². The average molecular weight is 441 g/mol. The van der Waals surface area contributed by atoms with Crippen LogP contribution < -0.4 is 11.1 Å². The Kier molecular flexibility index (Phi) is 10.3. The first-order valence-corrected chi connectivity index (χ1v) is 11.5. The molecule has 0 aromatic rings. The molecule has 0 aromatic carbocycles. The quantitative estimate of drug-likeness (QED) is 0.574. The zero-order valence-electron chi connectivity index (χ0n) is 20.6. The number of ether oxygens (including phenoxy) is 1. The monoisotopic (exact) mass is 440 g/mol. The number of carbonyl (C=O) groups is 3. The second-order valence-electron chi connectivity index (χ2n) is 10.6. The van der Waals surface area contributed by atoms with Gasteiger partial charge in [0, 0.05) is 32.1 Å². The van der Waals surface area contributed by atoms with Crippen LogP contribution in [0, 0.1) is 5.41 Å². The maximum Gasteiger partial charge on any atom is 0.410 e. The van der Waals surface area contributed by atoms with Crippen molar-refractivity contribution >= 4 is 17.9 Å². The Labute approximate surface area is 188 Å². The molecule has 0 radical (unpaired) electrons. The van der Waals surface area contributed by atoms with Gasteiger partial charge in [0.05, 0.1) is 0 Å². The SMILES string of the molecule is CC1CCCN1C(=O)C(NC(=O)CCCN(CCCN)C(=O)OC(C)(C)C)C(C)(C)C. The summed E-state index contributed by atoms with van der Waals surface area (Å²) in [6.45, 7) is 15.5. The second kappa shape index (κ2) is 11.7. The second-order valence-corrected chi connectivity index (χ2v) is 10.6. The topological polar surface area (TPSA) is 105 Å². The standard InChI is InChI=1S/C23H44N4O4/c1-17-11-8-16-27(17)20(29)19(22(2,3)4)25-18(28)12-9-14-26(15-10-13-24)21(30)31-23(5,6)7/h17,19H,8-16,24H2,1-7H3,(H,25,28). The van der Waals surface area contributed by atoms with Crippen LogP contribution >= 0.6 is 0 Å². The third kappa shape index (κ3) is 9.46. The minimum absolute atomic E-state index is 0.0100. The minimum atomic E-state index is -0.581. The first-order chi connectivity index (χ1) is 14.3. The smallest absolute Gasteiger partial charge is 0.410 e. The molecule has 0 aromatic heterocycles. The molecular formula is C23H44N4O4. The third-order valence-corrected chi connectivity index (χ3v) is 5.37. The number of hydrogen-bond donors (Lipinski definition) is 2. The number of carbonyl (C=O) groups excluding carboxylic acids is 3. The lowest BCUT2D eigenvalue weighted by Crippen LogP contribution is -2.55. The van der Waals surface area contributed by atoms with Crippen LogP contribution in [0.25, 0.3) is 0 Å². The van der Waals surface area contributed by atoms with Crippen LogP contribution in [0.2, 0.25) is 0 Å². The van der Waals surface area contributed by atoms with Crippen LogP contribution in [-0.4, -0.2) is 71.6 Å². The van der Waals surface area contributed by atoms with Gasteiger partial charge in [-0.15, -0.1) is 0 Å². The first kappa shape index (κ1) is 27.2. The molecule has 0 bridgehead atoms. The van der Waals surface area contributed by atoms with Crippen molar-refractivity contribution in [2.45, 2.75) is 98.3 Å². The molecule has 1 rings (SSSR count). The molecule has 1 fully saturated rings. The van der Waals surface area contributed by atoms with Gasteiger partial charge in [-0.05, 0) is 65.3 Å². The van der Waals surface area contributed by atoms with Crippen molar-refractivity contribution in [3.63, 3.8) is 0 Å². The number of amides is 3. The minimum Gasteiger partial charge on any atom is -0.444 e. The van der Waals surface area contributed by atoms with Crippen molar-refractivity contribution in [3.8, 4) is 0 Å². The highest BCUT2D eigenvalue weighted by Crippen LogP contribution is 2.25. The van der Waals surface area contributed by atoms with E-state index in [4.69, 9.17) is 10.5 Å². The van der Waals surface area contributed by atoms with Crippen molar-refractivity contribution in [1.82, 2.24) is 15.1 Å². The lowest BCUT2D eigenvalue weighted by atomic mass is 9.85. The Balaban J connectivity index is 2.66. The summed E-state index contributed by atoms with van der Waals surface area (Å²) in [7, 11) is 0. The molecule has 0 aliphatic carbocycles. The molecular weight excluding hydrogens is 396 g/mol. The number of likely N-dealkylation sites (tertiary alicyclic amines) is 1. The van der Waals surface area contributed by atoms with E-state index in [0.717, 1.165) is 19.4 Å². The van der Waals surface area contributed by atoms with Gasteiger partial charge < -0.3 is 25.6 Å². The molecule has 180 valence electrons. The fourth-order valence-corrected chi connectivity index (χ4v) is 3.64. The van der Waals surface area contributed by atoms with Gasteiger partial charge >= 0.3 is 6.09 Å². The number of nitrogens with two attached hydrogens (primary N) is 1. The number of nitrogens with zero attached hydrogens (tertiary/aromatic N) is 2. The van der Waals surface area contributed by atoms with Crippen molar-refractivity contribution in [2.24, 2.45) is 11.1 Å². The molecule has 8 heteroatoms. The molecule has 2 atom stereocenters. The van der Waals surface area contributed by atoms with Crippen LogP contribution in [0.3, 0.4) is 0 Å². The van der Waals surface area contributed by atoms with Crippen LogP contribution in [-0.2, 0) is 14.3 Å². The summed E-state index contributed by atoms with van der Waals surface area (Å²) in [5.41, 5.74) is 4.62. The molecule has 0 saturated carbocycles. The van der Waals surface area contributed by atoms with Gasteiger partial charge in [0.15, 0.2) is 0 Å². The average Bonchev–Trinajstić information content (AvgIpc) is 3.05. The zero-order valence-corrected chi connectivity index (χ0v) is 20.6.